The first kappa shape index (κ1) is 14.4. The summed E-state index contributed by atoms with van der Waals surface area (Å²) < 4.78 is 0.857. The molecule has 0 aliphatic heterocycles. The Hall–Kier alpha value is -2.01. The maximum atomic E-state index is 9.09. The van der Waals surface area contributed by atoms with Crippen LogP contribution in [0.15, 0.2) is 40.9 Å². The van der Waals surface area contributed by atoms with Gasteiger partial charge in [-0.25, -0.2) is 0 Å². The van der Waals surface area contributed by atoms with Gasteiger partial charge in [0.15, 0.2) is 0 Å². The predicted octanol–water partition coefficient (Wildman–Crippen LogP) is 4.46. The average molecular weight is 347 g/mol. The van der Waals surface area contributed by atoms with Crippen LogP contribution in [0.4, 0.5) is 5.69 Å². The van der Waals surface area contributed by atoms with Crippen LogP contribution in [0.25, 0.3) is 0 Å². The van der Waals surface area contributed by atoms with Crippen molar-refractivity contribution in [2.75, 3.05) is 5.32 Å². The van der Waals surface area contributed by atoms with Crippen LogP contribution in [-0.4, -0.2) is 0 Å². The lowest BCUT2D eigenvalue weighted by molar-refractivity contribution is 1.14. The van der Waals surface area contributed by atoms with E-state index in [1.807, 2.05) is 18.2 Å². The Morgan fingerprint density at radius 1 is 1.10 bits per heavy atom. The van der Waals surface area contributed by atoms with E-state index in [0.29, 0.717) is 22.7 Å². The molecule has 3 nitrogen and oxygen atoms in total. The first-order valence-electron chi connectivity index (χ1n) is 5.76. The number of nitrogens with zero attached hydrogens (tertiary/aromatic N) is 2. The van der Waals surface area contributed by atoms with E-state index in [2.05, 4.69) is 27.3 Å². The van der Waals surface area contributed by atoms with E-state index < -0.39 is 0 Å². The van der Waals surface area contributed by atoms with Crippen LogP contribution in [0, 0.1) is 22.7 Å². The van der Waals surface area contributed by atoms with Crippen molar-refractivity contribution in [2.45, 2.75) is 6.54 Å². The van der Waals surface area contributed by atoms with Crippen molar-refractivity contribution in [1.29, 1.82) is 10.5 Å². The molecule has 0 unspecified atom stereocenters. The fourth-order valence-electron chi connectivity index (χ4n) is 1.71. The number of hydrogen-bond donors (Lipinski definition) is 1. The van der Waals surface area contributed by atoms with Crippen molar-refractivity contribution in [3.8, 4) is 12.1 Å². The van der Waals surface area contributed by atoms with Gasteiger partial charge in [-0.15, -0.1) is 0 Å². The van der Waals surface area contributed by atoms with Crippen LogP contribution in [0.1, 0.15) is 16.7 Å². The normalized spacial score (nSPS) is 9.60. The Labute approximate surface area is 130 Å². The van der Waals surface area contributed by atoms with Crippen molar-refractivity contribution in [3.63, 3.8) is 0 Å². The molecule has 98 valence electrons. The monoisotopic (exact) mass is 345 g/mol. The number of halogens is 2. The standard InChI is InChI=1S/C15H9BrClN3/c16-13-3-4-15(12(6-13)8-19)20-9-11-2-1-10(7-18)5-14(11)17/h1-6,20H,9H2. The van der Waals surface area contributed by atoms with E-state index in [-0.39, 0.29) is 0 Å². The summed E-state index contributed by atoms with van der Waals surface area (Å²) in [6, 6.07) is 14.8. The highest BCUT2D eigenvalue weighted by atomic mass is 79.9. The SMILES string of the molecule is N#Cc1ccc(CNc2ccc(Br)cc2C#N)c(Cl)c1. The molecule has 0 amide bonds. The molecule has 20 heavy (non-hydrogen) atoms. The molecular weight excluding hydrogens is 338 g/mol. The molecule has 0 atom stereocenters. The van der Waals surface area contributed by atoms with Crippen molar-refractivity contribution < 1.29 is 0 Å². The molecule has 1 N–H and O–H groups in total. The highest BCUT2D eigenvalue weighted by Crippen LogP contribution is 2.23. The first-order valence-corrected chi connectivity index (χ1v) is 6.93. The summed E-state index contributed by atoms with van der Waals surface area (Å²) in [4.78, 5) is 0. The molecule has 0 aliphatic rings. The molecular formula is C15H9BrClN3. The molecule has 2 aromatic carbocycles. The molecule has 2 aromatic rings. The maximum absolute atomic E-state index is 9.09. The van der Waals surface area contributed by atoms with E-state index in [4.69, 9.17) is 22.1 Å². The van der Waals surface area contributed by atoms with Gasteiger partial charge in [-0.3, -0.25) is 0 Å². The third-order valence-corrected chi connectivity index (χ3v) is 3.60. The number of rotatable bonds is 3. The minimum absolute atomic E-state index is 0.487. The topological polar surface area (TPSA) is 59.6 Å². The molecule has 0 saturated carbocycles. The molecule has 0 bridgehead atoms. The molecule has 0 fully saturated rings. The van der Waals surface area contributed by atoms with Gasteiger partial charge >= 0.3 is 0 Å². The number of nitrogens with one attached hydrogen (secondary N) is 1. The second-order valence-corrected chi connectivity index (χ2v) is 5.40. The second kappa shape index (κ2) is 6.43. The molecule has 0 spiro atoms. The van der Waals surface area contributed by atoms with Crippen molar-refractivity contribution in [2.24, 2.45) is 0 Å². The van der Waals surface area contributed by atoms with Gasteiger partial charge in [-0.1, -0.05) is 33.6 Å². The molecule has 2 rings (SSSR count). The Morgan fingerprint density at radius 2 is 1.90 bits per heavy atom. The predicted molar refractivity (Wildman–Crippen MR) is 82.4 cm³/mol. The Kier molecular flexibility index (Phi) is 4.63. The second-order valence-electron chi connectivity index (χ2n) is 4.07. The number of hydrogen-bond acceptors (Lipinski definition) is 3. The summed E-state index contributed by atoms with van der Waals surface area (Å²) in [5.74, 6) is 0. The number of anilines is 1. The van der Waals surface area contributed by atoms with Crippen LogP contribution in [0.2, 0.25) is 5.02 Å². The van der Waals surface area contributed by atoms with E-state index in [9.17, 15) is 0 Å². The van der Waals surface area contributed by atoms with E-state index in [1.54, 1.807) is 24.3 Å². The molecule has 0 aliphatic carbocycles. The van der Waals surface area contributed by atoms with E-state index >= 15 is 0 Å². The molecule has 5 heteroatoms. The third-order valence-electron chi connectivity index (χ3n) is 2.75. The van der Waals surface area contributed by atoms with Gasteiger partial charge in [0.25, 0.3) is 0 Å². The third kappa shape index (κ3) is 3.30. The van der Waals surface area contributed by atoms with Crippen LogP contribution in [0.5, 0.6) is 0 Å². The average Bonchev–Trinajstić information content (AvgIpc) is 2.46. The Balaban J connectivity index is 2.18. The first-order chi connectivity index (χ1) is 9.63. The smallest absolute Gasteiger partial charge is 0.101 e. The Bertz CT molecular complexity index is 729. The quantitative estimate of drug-likeness (QED) is 0.892. The zero-order chi connectivity index (χ0) is 14.5. The largest absolute Gasteiger partial charge is 0.380 e. The molecule has 0 heterocycles. The Morgan fingerprint density at radius 3 is 2.55 bits per heavy atom. The van der Waals surface area contributed by atoms with Gasteiger partial charge in [0.2, 0.25) is 0 Å². The number of benzene rings is 2. The zero-order valence-electron chi connectivity index (χ0n) is 10.3. The van der Waals surface area contributed by atoms with Gasteiger partial charge in [-0.2, -0.15) is 10.5 Å². The van der Waals surface area contributed by atoms with Crippen molar-refractivity contribution in [1.82, 2.24) is 0 Å². The lowest BCUT2D eigenvalue weighted by Gasteiger charge is -2.10. The summed E-state index contributed by atoms with van der Waals surface area (Å²) in [6.45, 7) is 0.487. The van der Waals surface area contributed by atoms with Crippen LogP contribution in [0.3, 0.4) is 0 Å². The fraction of sp³-hybridized carbons (Fsp3) is 0.0667. The van der Waals surface area contributed by atoms with Gasteiger partial charge in [0.1, 0.15) is 6.07 Å². The van der Waals surface area contributed by atoms with E-state index in [1.165, 1.54) is 0 Å². The van der Waals surface area contributed by atoms with Gasteiger partial charge in [0, 0.05) is 16.0 Å². The minimum atomic E-state index is 0.487. The summed E-state index contributed by atoms with van der Waals surface area (Å²) in [5.41, 5.74) is 2.71. The highest BCUT2D eigenvalue weighted by Gasteiger charge is 2.05. The fourth-order valence-corrected chi connectivity index (χ4v) is 2.32. The van der Waals surface area contributed by atoms with Gasteiger partial charge < -0.3 is 5.32 Å². The highest BCUT2D eigenvalue weighted by molar-refractivity contribution is 9.10. The van der Waals surface area contributed by atoms with Crippen LogP contribution in [-0.2, 0) is 6.54 Å². The molecule has 0 radical (unpaired) electrons. The molecule has 0 saturated heterocycles. The lowest BCUT2D eigenvalue weighted by atomic mass is 10.1. The zero-order valence-corrected chi connectivity index (χ0v) is 12.7. The van der Waals surface area contributed by atoms with Crippen LogP contribution < -0.4 is 5.32 Å². The summed E-state index contributed by atoms with van der Waals surface area (Å²) in [6.07, 6.45) is 0. The minimum Gasteiger partial charge on any atom is -0.380 e. The maximum Gasteiger partial charge on any atom is 0.101 e. The van der Waals surface area contributed by atoms with Crippen LogP contribution >= 0.6 is 27.5 Å². The van der Waals surface area contributed by atoms with Crippen molar-refractivity contribution >= 4 is 33.2 Å². The van der Waals surface area contributed by atoms with Gasteiger partial charge in [0.05, 0.1) is 22.9 Å². The summed E-state index contributed by atoms with van der Waals surface area (Å²) in [7, 11) is 0. The molecule has 0 aromatic heterocycles. The summed E-state index contributed by atoms with van der Waals surface area (Å²) >= 11 is 9.44. The van der Waals surface area contributed by atoms with Gasteiger partial charge in [-0.05, 0) is 35.9 Å². The van der Waals surface area contributed by atoms with Crippen molar-refractivity contribution in [3.05, 3.63) is 62.6 Å². The van der Waals surface area contributed by atoms with E-state index in [0.717, 1.165) is 15.7 Å². The lowest BCUT2D eigenvalue weighted by Crippen LogP contribution is -2.02. The number of nitriles is 2. The summed E-state index contributed by atoms with van der Waals surface area (Å²) in [5, 5.41) is 21.6.